The molecule has 0 aliphatic heterocycles. The van der Waals surface area contributed by atoms with Crippen LogP contribution in [-0.4, -0.2) is 36.5 Å². The van der Waals surface area contributed by atoms with Crippen LogP contribution >= 0.6 is 15.9 Å². The van der Waals surface area contributed by atoms with E-state index in [1.54, 1.807) is 17.0 Å². The van der Waals surface area contributed by atoms with Gasteiger partial charge in [-0.1, -0.05) is 15.9 Å². The Morgan fingerprint density at radius 3 is 2.42 bits per heavy atom. The van der Waals surface area contributed by atoms with Crippen LogP contribution in [0.25, 0.3) is 0 Å². The summed E-state index contributed by atoms with van der Waals surface area (Å²) in [4.78, 5) is 25.1. The van der Waals surface area contributed by atoms with Crippen molar-refractivity contribution in [1.29, 1.82) is 0 Å². The lowest BCUT2D eigenvalue weighted by molar-refractivity contribution is -0.134. The van der Waals surface area contributed by atoms with Crippen LogP contribution in [0.5, 0.6) is 0 Å². The molecule has 19 heavy (non-hydrogen) atoms. The summed E-state index contributed by atoms with van der Waals surface area (Å²) in [6, 6.07) is 4.79. The van der Waals surface area contributed by atoms with Gasteiger partial charge in [-0.15, -0.1) is 0 Å². The van der Waals surface area contributed by atoms with Crippen LogP contribution in [0.15, 0.2) is 22.7 Å². The number of amides is 1. The number of nitrogens with zero attached hydrogens (tertiary/aromatic N) is 1. The van der Waals surface area contributed by atoms with Crippen LogP contribution in [0.2, 0.25) is 0 Å². The molecule has 5 nitrogen and oxygen atoms in total. The number of anilines is 1. The molecule has 0 aliphatic carbocycles. The van der Waals surface area contributed by atoms with Gasteiger partial charge in [0.15, 0.2) is 6.61 Å². The number of carbonyl (C=O) groups is 2. The van der Waals surface area contributed by atoms with Crippen molar-refractivity contribution < 1.29 is 14.3 Å². The molecule has 0 fully saturated rings. The number of ether oxygens (including phenoxy) is 1. The molecular formula is C13H17BrN2O3. The van der Waals surface area contributed by atoms with Gasteiger partial charge in [0.2, 0.25) is 0 Å². The third-order valence-corrected chi connectivity index (χ3v) is 3.06. The van der Waals surface area contributed by atoms with Gasteiger partial charge in [-0.3, -0.25) is 4.79 Å². The van der Waals surface area contributed by atoms with E-state index in [0.717, 1.165) is 0 Å². The average molecular weight is 329 g/mol. The molecule has 1 rings (SSSR count). The van der Waals surface area contributed by atoms with Crippen molar-refractivity contribution in [2.24, 2.45) is 0 Å². The van der Waals surface area contributed by atoms with Crippen LogP contribution in [0, 0.1) is 0 Å². The van der Waals surface area contributed by atoms with Gasteiger partial charge in [0.1, 0.15) is 0 Å². The predicted molar refractivity (Wildman–Crippen MR) is 76.8 cm³/mol. The Hall–Kier alpha value is -1.56. The highest BCUT2D eigenvalue weighted by Crippen LogP contribution is 2.17. The first-order valence-corrected chi connectivity index (χ1v) is 6.78. The number of esters is 1. The Kier molecular flexibility index (Phi) is 5.82. The lowest BCUT2D eigenvalue weighted by Crippen LogP contribution is -2.34. The average Bonchev–Trinajstić information content (AvgIpc) is 2.36. The summed E-state index contributed by atoms with van der Waals surface area (Å²) < 4.78 is 5.67. The highest BCUT2D eigenvalue weighted by atomic mass is 79.9. The van der Waals surface area contributed by atoms with Crippen molar-refractivity contribution in [3.8, 4) is 0 Å². The van der Waals surface area contributed by atoms with Crippen molar-refractivity contribution in [3.63, 3.8) is 0 Å². The Bertz CT molecular complexity index is 453. The molecule has 0 aliphatic rings. The van der Waals surface area contributed by atoms with Gasteiger partial charge in [-0.25, -0.2) is 4.79 Å². The molecule has 0 spiro atoms. The van der Waals surface area contributed by atoms with E-state index in [4.69, 9.17) is 10.5 Å². The largest absolute Gasteiger partial charge is 0.452 e. The highest BCUT2D eigenvalue weighted by molar-refractivity contribution is 9.10. The summed E-state index contributed by atoms with van der Waals surface area (Å²) in [7, 11) is 0. The fourth-order valence-corrected chi connectivity index (χ4v) is 2.12. The van der Waals surface area contributed by atoms with Crippen LogP contribution < -0.4 is 5.73 Å². The summed E-state index contributed by atoms with van der Waals surface area (Å²) in [6.45, 7) is 4.68. The molecule has 0 heterocycles. The normalized spacial score (nSPS) is 10.1. The standard InChI is InChI=1S/C13H17BrN2O3/c1-3-16(4-2)12(17)8-19-13(18)9-5-10(14)7-11(15)6-9/h5-7H,3-4,8,15H2,1-2H3. The van der Waals surface area contributed by atoms with Crippen molar-refractivity contribution in [2.75, 3.05) is 25.4 Å². The van der Waals surface area contributed by atoms with Gasteiger partial charge in [-0.2, -0.15) is 0 Å². The zero-order chi connectivity index (χ0) is 14.4. The summed E-state index contributed by atoms with van der Waals surface area (Å²) in [5, 5.41) is 0. The van der Waals surface area contributed by atoms with Crippen LogP contribution in [0.4, 0.5) is 5.69 Å². The molecule has 0 radical (unpaired) electrons. The molecule has 0 aromatic heterocycles. The monoisotopic (exact) mass is 328 g/mol. The molecule has 0 bridgehead atoms. The van der Waals surface area contributed by atoms with Gasteiger partial charge in [0.25, 0.3) is 5.91 Å². The van der Waals surface area contributed by atoms with E-state index in [1.165, 1.54) is 6.07 Å². The zero-order valence-electron chi connectivity index (χ0n) is 11.0. The molecule has 6 heteroatoms. The molecule has 2 N–H and O–H groups in total. The quantitative estimate of drug-likeness (QED) is 0.663. The second-order valence-electron chi connectivity index (χ2n) is 3.92. The number of nitrogen functional groups attached to an aromatic ring is 1. The topological polar surface area (TPSA) is 72.6 Å². The molecule has 0 unspecified atom stereocenters. The van der Waals surface area contributed by atoms with Crippen molar-refractivity contribution in [2.45, 2.75) is 13.8 Å². The van der Waals surface area contributed by atoms with Crippen LogP contribution in [-0.2, 0) is 9.53 Å². The number of carbonyl (C=O) groups excluding carboxylic acids is 2. The fourth-order valence-electron chi connectivity index (χ4n) is 1.61. The first kappa shape index (κ1) is 15.5. The van der Waals surface area contributed by atoms with E-state index in [-0.39, 0.29) is 12.5 Å². The number of benzene rings is 1. The Morgan fingerprint density at radius 2 is 1.89 bits per heavy atom. The summed E-state index contributed by atoms with van der Waals surface area (Å²) >= 11 is 3.24. The van der Waals surface area contributed by atoms with E-state index >= 15 is 0 Å². The Balaban J connectivity index is 2.63. The molecule has 1 aromatic rings. The number of likely N-dealkylation sites (N-methyl/N-ethyl adjacent to an activating group) is 1. The van der Waals surface area contributed by atoms with Gasteiger partial charge in [0, 0.05) is 23.2 Å². The smallest absolute Gasteiger partial charge is 0.338 e. The summed E-state index contributed by atoms with van der Waals surface area (Å²) in [5.41, 5.74) is 6.41. The maximum Gasteiger partial charge on any atom is 0.338 e. The second kappa shape index (κ2) is 7.13. The number of rotatable bonds is 5. The Labute approximate surface area is 120 Å². The van der Waals surface area contributed by atoms with E-state index in [0.29, 0.717) is 28.8 Å². The van der Waals surface area contributed by atoms with Crippen molar-refractivity contribution in [3.05, 3.63) is 28.2 Å². The number of hydrogen-bond acceptors (Lipinski definition) is 4. The molecule has 1 aromatic carbocycles. The third-order valence-electron chi connectivity index (χ3n) is 2.60. The summed E-state index contributed by atoms with van der Waals surface area (Å²) in [6.07, 6.45) is 0. The highest BCUT2D eigenvalue weighted by Gasteiger charge is 2.14. The van der Waals surface area contributed by atoms with E-state index in [1.807, 2.05) is 13.8 Å². The van der Waals surface area contributed by atoms with E-state index in [2.05, 4.69) is 15.9 Å². The first-order chi connectivity index (χ1) is 8.97. The molecule has 0 saturated carbocycles. The fraction of sp³-hybridized carbons (Fsp3) is 0.385. The Morgan fingerprint density at radius 1 is 1.26 bits per heavy atom. The van der Waals surface area contributed by atoms with Crippen molar-refractivity contribution >= 4 is 33.5 Å². The molecule has 0 saturated heterocycles. The van der Waals surface area contributed by atoms with Gasteiger partial charge < -0.3 is 15.4 Å². The minimum absolute atomic E-state index is 0.207. The van der Waals surface area contributed by atoms with Gasteiger partial charge >= 0.3 is 5.97 Å². The molecule has 0 atom stereocenters. The van der Waals surface area contributed by atoms with E-state index < -0.39 is 5.97 Å². The maximum atomic E-state index is 11.8. The lowest BCUT2D eigenvalue weighted by Gasteiger charge is -2.18. The minimum atomic E-state index is -0.562. The van der Waals surface area contributed by atoms with Crippen LogP contribution in [0.1, 0.15) is 24.2 Å². The molecular weight excluding hydrogens is 312 g/mol. The lowest BCUT2D eigenvalue weighted by atomic mass is 10.2. The predicted octanol–water partition coefficient (Wildman–Crippen LogP) is 2.06. The zero-order valence-corrected chi connectivity index (χ0v) is 12.6. The third kappa shape index (κ3) is 4.55. The number of nitrogens with two attached hydrogens (primary N) is 1. The van der Waals surface area contributed by atoms with Gasteiger partial charge in [-0.05, 0) is 32.0 Å². The number of halogens is 1. The molecule has 104 valence electrons. The molecule has 1 amide bonds. The SMILES string of the molecule is CCN(CC)C(=O)COC(=O)c1cc(N)cc(Br)c1. The maximum absolute atomic E-state index is 11.8. The van der Waals surface area contributed by atoms with Gasteiger partial charge in [0.05, 0.1) is 5.56 Å². The van der Waals surface area contributed by atoms with E-state index in [9.17, 15) is 9.59 Å². The minimum Gasteiger partial charge on any atom is -0.452 e. The van der Waals surface area contributed by atoms with Crippen molar-refractivity contribution in [1.82, 2.24) is 4.90 Å². The van der Waals surface area contributed by atoms with Crippen LogP contribution in [0.3, 0.4) is 0 Å². The first-order valence-electron chi connectivity index (χ1n) is 5.98. The number of hydrogen-bond donors (Lipinski definition) is 1. The second-order valence-corrected chi connectivity index (χ2v) is 4.83. The summed E-state index contributed by atoms with van der Waals surface area (Å²) in [5.74, 6) is -0.769.